The Labute approximate surface area is 379 Å². The first-order valence-corrected chi connectivity index (χ1v) is 20.0. The van der Waals surface area contributed by atoms with Gasteiger partial charge in [-0.1, -0.05) is 54.6 Å². The van der Waals surface area contributed by atoms with Crippen molar-refractivity contribution < 1.29 is 27.8 Å². The van der Waals surface area contributed by atoms with Crippen LogP contribution in [0.15, 0.2) is 133 Å². The number of anilines is 3. The van der Waals surface area contributed by atoms with Crippen LogP contribution in [0.4, 0.5) is 31.9 Å². The van der Waals surface area contributed by atoms with Crippen molar-refractivity contribution in [3.8, 4) is 68.3 Å². The molecule has 8 aromatic rings. The largest absolute Gasteiger partial charge is 0.421 e. The van der Waals surface area contributed by atoms with Gasteiger partial charge in [0, 0.05) is 51.8 Å². The molecular weight excluding hydrogens is 870 g/mol. The predicted octanol–water partition coefficient (Wildman–Crippen LogP) is 9.70. The number of aryl methyl sites for hydroxylation is 2. The summed E-state index contributed by atoms with van der Waals surface area (Å²) in [5.41, 5.74) is 11.3. The van der Waals surface area contributed by atoms with E-state index in [1.165, 1.54) is 43.0 Å². The third-order valence-corrected chi connectivity index (χ3v) is 9.73. The van der Waals surface area contributed by atoms with Crippen LogP contribution in [0.25, 0.3) is 44.8 Å². The summed E-state index contributed by atoms with van der Waals surface area (Å²) in [5.74, 6) is -3.00. The van der Waals surface area contributed by atoms with E-state index in [0.717, 1.165) is 12.3 Å². The van der Waals surface area contributed by atoms with Crippen LogP contribution >= 0.6 is 11.6 Å². The summed E-state index contributed by atoms with van der Waals surface area (Å²) in [4.78, 5) is 63.4. The molecule has 19 heteroatoms. The predicted molar refractivity (Wildman–Crippen MR) is 244 cm³/mol. The van der Waals surface area contributed by atoms with Crippen molar-refractivity contribution in [1.29, 1.82) is 0 Å². The molecule has 0 bridgehead atoms. The van der Waals surface area contributed by atoms with Gasteiger partial charge in [-0.2, -0.15) is 4.98 Å². The Kier molecular flexibility index (Phi) is 12.7. The second-order valence-corrected chi connectivity index (χ2v) is 14.4. The highest BCUT2D eigenvalue weighted by Gasteiger charge is 2.21. The standard InChI is InChI=1S/C47H33ClF2N12O4/c1-4-37(63)59-31-13-7-28(8-14-31)42-40(30-10-16-36(34(50)22-30)66-47-53-20-18-26(3)58-47)44(62-45(51)61-42)54-23-38(64)60-32-11-5-27(6-12-32)41-39(43(48)56-24-55-41)29-9-15-35(33(49)21-29)65-46-52-19-17-25(2)57-46/h4-24H,1H2,2-3H3,(H,59,63)(H,60,64)(H2,51,61,62)/b54-23-. The number of nitrogens with zero attached hydrogens (tertiary/aromatic N) is 9. The fourth-order valence-corrected chi connectivity index (χ4v) is 6.65. The van der Waals surface area contributed by atoms with Crippen LogP contribution in [0.1, 0.15) is 11.4 Å². The molecule has 0 saturated carbocycles. The van der Waals surface area contributed by atoms with E-state index in [2.05, 4.69) is 62.1 Å². The number of hydrogen-bond acceptors (Lipinski definition) is 14. The lowest BCUT2D eigenvalue weighted by Gasteiger charge is -2.14. The van der Waals surface area contributed by atoms with Crippen LogP contribution in [0.3, 0.4) is 0 Å². The maximum absolute atomic E-state index is 15.8. The van der Waals surface area contributed by atoms with Crippen LogP contribution < -0.4 is 25.8 Å². The number of aliphatic imine (C=N–C) groups is 1. The molecule has 0 radical (unpaired) electrons. The van der Waals surface area contributed by atoms with Gasteiger partial charge in [0.1, 0.15) is 11.5 Å². The molecule has 66 heavy (non-hydrogen) atoms. The second kappa shape index (κ2) is 19.2. The second-order valence-electron chi connectivity index (χ2n) is 14.1. The summed E-state index contributed by atoms with van der Waals surface area (Å²) < 4.78 is 42.3. The molecule has 16 nitrogen and oxygen atoms in total. The Morgan fingerprint density at radius 2 is 1.17 bits per heavy atom. The SMILES string of the molecule is C=CC(=O)Nc1ccc(-c2nc(N)nc(/N=C\C(=O)Nc3ccc(-c4ncnc(Cl)c4-c4ccc(Oc5nccc(C)n5)c(F)c4)cc3)c2-c2ccc(Oc3nccc(C)n3)c(F)c2)cc1. The van der Waals surface area contributed by atoms with Crippen molar-refractivity contribution in [3.63, 3.8) is 0 Å². The minimum atomic E-state index is -0.764. The molecule has 0 aliphatic carbocycles. The molecule has 4 aromatic carbocycles. The Bertz CT molecular complexity index is 3190. The number of carbonyl (C=O) groups is 2. The van der Waals surface area contributed by atoms with E-state index >= 15 is 8.78 Å². The number of hydrogen-bond donors (Lipinski definition) is 3. The van der Waals surface area contributed by atoms with Gasteiger partial charge in [0.2, 0.25) is 11.9 Å². The Balaban J connectivity index is 1.06. The van der Waals surface area contributed by atoms with E-state index in [9.17, 15) is 9.59 Å². The van der Waals surface area contributed by atoms with E-state index < -0.39 is 23.4 Å². The number of carbonyl (C=O) groups excluding carboxylic acids is 2. The Morgan fingerprint density at radius 3 is 1.70 bits per heavy atom. The first-order chi connectivity index (χ1) is 31.9. The zero-order valence-corrected chi connectivity index (χ0v) is 35.5. The molecule has 0 saturated heterocycles. The number of ether oxygens (including phenoxy) is 2. The Hall–Kier alpha value is -8.90. The summed E-state index contributed by atoms with van der Waals surface area (Å²) in [5, 5.41) is 5.50. The van der Waals surface area contributed by atoms with Crippen LogP contribution in [-0.2, 0) is 9.59 Å². The monoisotopic (exact) mass is 902 g/mol. The molecule has 4 N–H and O–H groups in total. The lowest BCUT2D eigenvalue weighted by Crippen LogP contribution is -2.12. The number of nitrogen functional groups attached to an aromatic ring is 1. The van der Waals surface area contributed by atoms with Crippen molar-refractivity contribution >= 4 is 52.8 Å². The van der Waals surface area contributed by atoms with E-state index in [1.807, 2.05) is 0 Å². The van der Waals surface area contributed by atoms with Gasteiger partial charge in [-0.3, -0.25) is 9.59 Å². The highest BCUT2D eigenvalue weighted by molar-refractivity contribution is 6.33. The van der Waals surface area contributed by atoms with Gasteiger partial charge in [-0.15, -0.1) is 0 Å². The van der Waals surface area contributed by atoms with E-state index in [4.69, 9.17) is 26.8 Å². The van der Waals surface area contributed by atoms with Gasteiger partial charge in [0.15, 0.2) is 29.0 Å². The molecule has 0 spiro atoms. The van der Waals surface area contributed by atoms with Crippen molar-refractivity contribution in [2.45, 2.75) is 13.8 Å². The fraction of sp³-hybridized carbons (Fsp3) is 0.0426. The molecule has 4 aromatic heterocycles. The number of nitrogens with one attached hydrogen (secondary N) is 2. The fourth-order valence-electron chi connectivity index (χ4n) is 6.41. The summed E-state index contributed by atoms with van der Waals surface area (Å²) >= 11 is 6.56. The topological polar surface area (TPSA) is 218 Å². The average Bonchev–Trinajstić information content (AvgIpc) is 3.30. The lowest BCUT2D eigenvalue weighted by molar-refractivity contribution is -0.112. The first-order valence-electron chi connectivity index (χ1n) is 19.6. The Morgan fingerprint density at radius 1 is 0.652 bits per heavy atom. The maximum atomic E-state index is 15.8. The maximum Gasteiger partial charge on any atom is 0.322 e. The highest BCUT2D eigenvalue weighted by Crippen LogP contribution is 2.40. The molecular formula is C47H33ClF2N12O4. The van der Waals surface area contributed by atoms with Crippen LogP contribution in [0.2, 0.25) is 5.15 Å². The third kappa shape index (κ3) is 10.1. The van der Waals surface area contributed by atoms with E-state index in [-0.39, 0.29) is 57.3 Å². The zero-order valence-electron chi connectivity index (χ0n) is 34.7. The molecule has 326 valence electrons. The summed E-state index contributed by atoms with van der Waals surface area (Å²) in [6.07, 6.45) is 6.41. The van der Waals surface area contributed by atoms with Crippen molar-refractivity contribution in [1.82, 2.24) is 39.9 Å². The average molecular weight is 903 g/mol. The van der Waals surface area contributed by atoms with Gasteiger partial charge in [-0.25, -0.2) is 48.7 Å². The molecule has 0 unspecified atom stereocenters. The smallest absolute Gasteiger partial charge is 0.322 e. The van der Waals surface area contributed by atoms with Crippen LogP contribution in [-0.4, -0.2) is 57.9 Å². The van der Waals surface area contributed by atoms with E-state index in [1.54, 1.807) is 86.6 Å². The third-order valence-electron chi connectivity index (χ3n) is 9.44. The van der Waals surface area contributed by atoms with Gasteiger partial charge in [-0.05, 0) is 91.7 Å². The quantitative estimate of drug-likeness (QED) is 0.0558. The van der Waals surface area contributed by atoms with Gasteiger partial charge >= 0.3 is 12.0 Å². The molecule has 0 aliphatic rings. The molecule has 2 amide bonds. The van der Waals surface area contributed by atoms with Crippen molar-refractivity contribution in [2.24, 2.45) is 4.99 Å². The number of halogens is 3. The van der Waals surface area contributed by atoms with Gasteiger partial charge in [0.05, 0.1) is 23.2 Å². The minimum Gasteiger partial charge on any atom is -0.421 e. The van der Waals surface area contributed by atoms with Crippen LogP contribution in [0.5, 0.6) is 23.5 Å². The van der Waals surface area contributed by atoms with E-state index in [0.29, 0.717) is 50.7 Å². The van der Waals surface area contributed by atoms with Crippen LogP contribution in [0, 0.1) is 25.5 Å². The summed E-state index contributed by atoms with van der Waals surface area (Å²) in [6.45, 7) is 6.98. The molecule has 8 rings (SSSR count). The molecule has 0 aliphatic heterocycles. The number of amides is 2. The normalized spacial score (nSPS) is 11.0. The molecule has 4 heterocycles. The molecule has 0 fully saturated rings. The highest BCUT2D eigenvalue weighted by atomic mass is 35.5. The number of aromatic nitrogens is 8. The lowest BCUT2D eigenvalue weighted by atomic mass is 9.99. The zero-order chi connectivity index (χ0) is 46.3. The first kappa shape index (κ1) is 43.7. The summed E-state index contributed by atoms with van der Waals surface area (Å²) in [6, 6.07) is 25.0. The summed E-state index contributed by atoms with van der Waals surface area (Å²) in [7, 11) is 0. The van der Waals surface area contributed by atoms with Crippen molar-refractivity contribution in [3.05, 3.63) is 157 Å². The molecule has 0 atom stereocenters. The number of rotatable bonds is 13. The van der Waals surface area contributed by atoms with Gasteiger partial charge < -0.3 is 25.8 Å². The number of benzene rings is 4. The van der Waals surface area contributed by atoms with Gasteiger partial charge in [0.25, 0.3) is 5.91 Å². The number of nitrogens with two attached hydrogens (primary N) is 1. The minimum absolute atomic E-state index is 0.00428. The van der Waals surface area contributed by atoms with Crippen molar-refractivity contribution in [2.75, 3.05) is 16.4 Å².